The van der Waals surface area contributed by atoms with Crippen LogP contribution in [0.3, 0.4) is 0 Å². The van der Waals surface area contributed by atoms with Crippen molar-refractivity contribution in [3.05, 3.63) is 51.9 Å². The highest BCUT2D eigenvalue weighted by atomic mass is 35.5. The van der Waals surface area contributed by atoms with Crippen LogP contribution < -0.4 is 20.1 Å². The number of halogens is 1. The van der Waals surface area contributed by atoms with E-state index < -0.39 is 0 Å². The Morgan fingerprint density at radius 2 is 2.11 bits per heavy atom. The first-order valence-electron chi connectivity index (χ1n) is 8.25. The van der Waals surface area contributed by atoms with Crippen LogP contribution in [0.15, 0.2) is 41.3 Å². The lowest BCUT2D eigenvalue weighted by atomic mass is 10.2. The molecular formula is C19H19ClN2O4S. The molecule has 0 aliphatic carbocycles. The number of carbonyl (C=O) groups is 1. The molecule has 1 amide bonds. The van der Waals surface area contributed by atoms with Crippen LogP contribution in [-0.2, 0) is 4.79 Å². The van der Waals surface area contributed by atoms with Gasteiger partial charge in [0.25, 0.3) is 5.91 Å². The van der Waals surface area contributed by atoms with Gasteiger partial charge in [-0.25, -0.2) is 0 Å². The Morgan fingerprint density at radius 1 is 1.30 bits per heavy atom. The summed E-state index contributed by atoms with van der Waals surface area (Å²) in [5, 5.41) is 16.4. The van der Waals surface area contributed by atoms with Crippen LogP contribution in [0.25, 0.3) is 6.08 Å². The van der Waals surface area contributed by atoms with Gasteiger partial charge in [0.1, 0.15) is 5.75 Å². The Morgan fingerprint density at radius 3 is 2.85 bits per heavy atom. The molecule has 1 aliphatic rings. The molecule has 3 N–H and O–H groups in total. The van der Waals surface area contributed by atoms with Crippen LogP contribution in [0, 0.1) is 0 Å². The predicted molar refractivity (Wildman–Crippen MR) is 108 cm³/mol. The highest BCUT2D eigenvalue weighted by Crippen LogP contribution is 2.35. The molecule has 1 fully saturated rings. The Hall–Kier alpha value is -2.51. The quantitative estimate of drug-likeness (QED) is 0.628. The van der Waals surface area contributed by atoms with Crippen LogP contribution in [0.5, 0.6) is 17.2 Å². The van der Waals surface area contributed by atoms with Crippen LogP contribution in [0.1, 0.15) is 12.5 Å². The van der Waals surface area contributed by atoms with Crippen molar-refractivity contribution in [2.75, 3.05) is 19.0 Å². The molecule has 1 unspecified atom stereocenters. The topological polar surface area (TPSA) is 79.8 Å². The summed E-state index contributed by atoms with van der Waals surface area (Å²) in [5.41, 5.74) is 1.08. The first-order valence-corrected chi connectivity index (χ1v) is 9.51. The van der Waals surface area contributed by atoms with Gasteiger partial charge in [0.15, 0.2) is 17.0 Å². The average molecular weight is 407 g/mol. The highest BCUT2D eigenvalue weighted by Gasteiger charge is 2.28. The number of aromatic hydroxyl groups is 1. The van der Waals surface area contributed by atoms with Crippen molar-refractivity contribution in [2.45, 2.75) is 12.4 Å². The van der Waals surface area contributed by atoms with Crippen molar-refractivity contribution in [3.8, 4) is 17.2 Å². The number of amides is 1. The van der Waals surface area contributed by atoms with E-state index in [-0.39, 0.29) is 17.2 Å². The van der Waals surface area contributed by atoms with Gasteiger partial charge in [0, 0.05) is 5.02 Å². The molecule has 2 aromatic rings. The number of benzene rings is 2. The molecule has 27 heavy (non-hydrogen) atoms. The van der Waals surface area contributed by atoms with Crippen molar-refractivity contribution in [1.82, 2.24) is 5.32 Å². The summed E-state index contributed by atoms with van der Waals surface area (Å²) in [4.78, 5) is 12.8. The molecule has 6 nitrogen and oxygen atoms in total. The van der Waals surface area contributed by atoms with Crippen molar-refractivity contribution >= 4 is 41.0 Å². The van der Waals surface area contributed by atoms with Gasteiger partial charge in [-0.05, 0) is 48.9 Å². The number of phenolic OH excluding ortho intramolecular Hbond substituents is 1. The lowest BCUT2D eigenvalue weighted by molar-refractivity contribution is -0.116. The van der Waals surface area contributed by atoms with E-state index in [0.29, 0.717) is 33.7 Å². The molecule has 1 saturated heterocycles. The van der Waals surface area contributed by atoms with E-state index in [1.807, 2.05) is 6.92 Å². The highest BCUT2D eigenvalue weighted by molar-refractivity contribution is 8.05. The summed E-state index contributed by atoms with van der Waals surface area (Å²) in [5.74, 6) is 0.889. The SMILES string of the molecule is CCOc1cc(/C=C2\SC(Nc3cc(Cl)ccc3OC)NC2=O)ccc1O. The summed E-state index contributed by atoms with van der Waals surface area (Å²) < 4.78 is 10.7. The van der Waals surface area contributed by atoms with Crippen molar-refractivity contribution in [1.29, 1.82) is 0 Å². The van der Waals surface area contributed by atoms with Gasteiger partial charge < -0.3 is 25.2 Å². The van der Waals surface area contributed by atoms with Crippen molar-refractivity contribution in [3.63, 3.8) is 0 Å². The second-order valence-corrected chi connectivity index (χ2v) is 7.21. The molecule has 8 heteroatoms. The molecule has 1 atom stereocenters. The van der Waals surface area contributed by atoms with E-state index in [2.05, 4.69) is 10.6 Å². The minimum Gasteiger partial charge on any atom is -0.504 e. The number of methoxy groups -OCH3 is 1. The lowest BCUT2D eigenvalue weighted by Gasteiger charge is -2.15. The smallest absolute Gasteiger partial charge is 0.260 e. The number of carbonyl (C=O) groups excluding carboxylic acids is 1. The molecule has 0 bridgehead atoms. The monoisotopic (exact) mass is 406 g/mol. The molecule has 3 rings (SSSR count). The van der Waals surface area contributed by atoms with Gasteiger partial charge in [-0.3, -0.25) is 4.79 Å². The number of thioether (sulfide) groups is 1. The molecule has 142 valence electrons. The summed E-state index contributed by atoms with van der Waals surface area (Å²) in [6, 6.07) is 10.2. The van der Waals surface area contributed by atoms with Gasteiger partial charge in [-0.1, -0.05) is 29.4 Å². The average Bonchev–Trinajstić information content (AvgIpc) is 2.97. The van der Waals surface area contributed by atoms with Gasteiger partial charge in [-0.2, -0.15) is 0 Å². The Kier molecular flexibility index (Phi) is 6.03. The number of anilines is 1. The fourth-order valence-corrected chi connectivity index (χ4v) is 3.69. The summed E-state index contributed by atoms with van der Waals surface area (Å²) in [6.07, 6.45) is 1.75. The maximum Gasteiger partial charge on any atom is 0.260 e. The van der Waals surface area contributed by atoms with Gasteiger partial charge in [0.2, 0.25) is 0 Å². The van der Waals surface area contributed by atoms with Crippen LogP contribution in [0.2, 0.25) is 5.02 Å². The summed E-state index contributed by atoms with van der Waals surface area (Å²) in [6.45, 7) is 2.28. The Labute approximate surface area is 166 Å². The number of rotatable bonds is 6. The summed E-state index contributed by atoms with van der Waals surface area (Å²) >= 11 is 7.39. The van der Waals surface area contributed by atoms with Crippen molar-refractivity contribution < 1.29 is 19.4 Å². The van der Waals surface area contributed by atoms with Gasteiger partial charge >= 0.3 is 0 Å². The summed E-state index contributed by atoms with van der Waals surface area (Å²) in [7, 11) is 1.57. The number of nitrogens with one attached hydrogen (secondary N) is 2. The third kappa shape index (κ3) is 4.61. The zero-order valence-corrected chi connectivity index (χ0v) is 16.4. The van der Waals surface area contributed by atoms with Crippen LogP contribution >= 0.6 is 23.4 Å². The lowest BCUT2D eigenvalue weighted by Crippen LogP contribution is -2.31. The zero-order chi connectivity index (χ0) is 19.4. The molecular weight excluding hydrogens is 388 g/mol. The van der Waals surface area contributed by atoms with E-state index in [0.717, 1.165) is 5.56 Å². The van der Waals surface area contributed by atoms with E-state index in [1.54, 1.807) is 49.6 Å². The third-order valence-electron chi connectivity index (χ3n) is 3.76. The molecule has 1 heterocycles. The van der Waals surface area contributed by atoms with E-state index in [1.165, 1.54) is 11.8 Å². The van der Waals surface area contributed by atoms with E-state index >= 15 is 0 Å². The second-order valence-electron chi connectivity index (χ2n) is 5.63. The standard InChI is InChI=1S/C19H19ClN2O4S/c1-3-26-16-8-11(4-6-14(16)23)9-17-18(24)22-19(27-17)21-13-10-12(20)5-7-15(13)25-2/h4-10,19,21,23H,3H2,1-2H3,(H,22,24)/b17-9-. The fourth-order valence-electron chi connectivity index (χ4n) is 2.54. The number of hydrogen-bond donors (Lipinski definition) is 3. The first-order chi connectivity index (χ1) is 13.0. The normalized spacial score (nSPS) is 17.7. The maximum atomic E-state index is 12.3. The van der Waals surface area contributed by atoms with Gasteiger partial charge in [-0.15, -0.1) is 0 Å². The van der Waals surface area contributed by atoms with E-state index in [9.17, 15) is 9.90 Å². The van der Waals surface area contributed by atoms with E-state index in [4.69, 9.17) is 21.1 Å². The van der Waals surface area contributed by atoms with Crippen LogP contribution in [0.4, 0.5) is 5.69 Å². The predicted octanol–water partition coefficient (Wildman–Crippen LogP) is 4.05. The molecule has 0 spiro atoms. The number of ether oxygens (including phenoxy) is 2. The fraction of sp³-hybridized carbons (Fsp3) is 0.211. The van der Waals surface area contributed by atoms with Crippen molar-refractivity contribution in [2.24, 2.45) is 0 Å². The Bertz CT molecular complexity index is 888. The Balaban J connectivity index is 1.77. The maximum absolute atomic E-state index is 12.3. The zero-order valence-electron chi connectivity index (χ0n) is 14.8. The molecule has 0 saturated carbocycles. The molecule has 0 aromatic heterocycles. The molecule has 2 aromatic carbocycles. The number of phenols is 1. The first kappa shape index (κ1) is 19.3. The molecule has 0 radical (unpaired) electrons. The van der Waals surface area contributed by atoms with Gasteiger partial charge in [0.05, 0.1) is 24.3 Å². The number of hydrogen-bond acceptors (Lipinski definition) is 6. The molecule has 1 aliphatic heterocycles. The second kappa shape index (κ2) is 8.45. The van der Waals surface area contributed by atoms with Crippen LogP contribution in [-0.4, -0.2) is 30.2 Å². The minimum absolute atomic E-state index is 0.0649. The largest absolute Gasteiger partial charge is 0.504 e. The third-order valence-corrected chi connectivity index (χ3v) is 5.02. The minimum atomic E-state index is -0.361.